The SMILES string of the molecule is NS(=O)(=O)c1cc(C(=O)NCC2CC2)ccc1Cl. The van der Waals surface area contributed by atoms with Crippen LogP contribution in [0.25, 0.3) is 0 Å². The minimum Gasteiger partial charge on any atom is -0.352 e. The summed E-state index contributed by atoms with van der Waals surface area (Å²) in [6, 6.07) is 4.02. The molecule has 0 heterocycles. The molecular formula is C11H13ClN2O3S. The first-order valence-electron chi connectivity index (χ1n) is 5.48. The van der Waals surface area contributed by atoms with Crippen LogP contribution in [0.2, 0.25) is 5.02 Å². The van der Waals surface area contributed by atoms with E-state index in [0.717, 1.165) is 12.8 Å². The summed E-state index contributed by atoms with van der Waals surface area (Å²) in [4.78, 5) is 11.5. The van der Waals surface area contributed by atoms with Gasteiger partial charge in [0.25, 0.3) is 5.91 Å². The van der Waals surface area contributed by atoms with Gasteiger partial charge in [0.05, 0.1) is 5.02 Å². The fourth-order valence-corrected chi connectivity index (χ4v) is 2.59. The molecule has 2 rings (SSSR count). The fourth-order valence-electron chi connectivity index (χ4n) is 1.52. The standard InChI is InChI=1S/C11H13ClN2O3S/c12-9-4-3-8(5-10(9)18(13,16)17)11(15)14-6-7-1-2-7/h3-5,7H,1-2,6H2,(H,14,15)(H2,13,16,17). The monoisotopic (exact) mass is 288 g/mol. The fraction of sp³-hybridized carbons (Fsp3) is 0.364. The van der Waals surface area contributed by atoms with Crippen molar-refractivity contribution in [3.63, 3.8) is 0 Å². The Kier molecular flexibility index (Phi) is 3.61. The predicted octanol–water partition coefficient (Wildman–Crippen LogP) is 1.13. The number of benzene rings is 1. The molecular weight excluding hydrogens is 276 g/mol. The van der Waals surface area contributed by atoms with Crippen molar-refractivity contribution in [3.8, 4) is 0 Å². The zero-order chi connectivity index (χ0) is 13.3. The van der Waals surface area contributed by atoms with Crippen molar-refractivity contribution in [1.29, 1.82) is 0 Å². The summed E-state index contributed by atoms with van der Waals surface area (Å²) in [7, 11) is -3.92. The third-order valence-corrected chi connectivity index (χ3v) is 4.14. The number of amides is 1. The third kappa shape index (κ3) is 3.22. The molecule has 1 aromatic rings. The lowest BCUT2D eigenvalue weighted by molar-refractivity contribution is 0.0951. The third-order valence-electron chi connectivity index (χ3n) is 2.75. The molecule has 1 saturated carbocycles. The summed E-state index contributed by atoms with van der Waals surface area (Å²) < 4.78 is 22.5. The van der Waals surface area contributed by atoms with Crippen molar-refractivity contribution in [3.05, 3.63) is 28.8 Å². The van der Waals surface area contributed by atoms with Crippen molar-refractivity contribution < 1.29 is 13.2 Å². The topological polar surface area (TPSA) is 89.3 Å². The summed E-state index contributed by atoms with van der Waals surface area (Å²) in [5.74, 6) is 0.238. The average molecular weight is 289 g/mol. The molecule has 1 aromatic carbocycles. The van der Waals surface area contributed by atoms with Crippen LogP contribution in [-0.2, 0) is 10.0 Å². The normalized spacial score (nSPS) is 15.4. The Hall–Kier alpha value is -1.11. The van der Waals surface area contributed by atoms with Crippen molar-refractivity contribution in [2.75, 3.05) is 6.54 Å². The lowest BCUT2D eigenvalue weighted by Gasteiger charge is -2.07. The van der Waals surface area contributed by atoms with E-state index in [1.165, 1.54) is 18.2 Å². The molecule has 18 heavy (non-hydrogen) atoms. The number of primary sulfonamides is 1. The summed E-state index contributed by atoms with van der Waals surface area (Å²) in [5.41, 5.74) is 0.240. The number of rotatable bonds is 4. The van der Waals surface area contributed by atoms with Crippen LogP contribution in [0.3, 0.4) is 0 Å². The number of nitrogens with one attached hydrogen (secondary N) is 1. The van der Waals surface area contributed by atoms with E-state index in [1.54, 1.807) is 0 Å². The lowest BCUT2D eigenvalue weighted by Crippen LogP contribution is -2.26. The Morgan fingerprint density at radius 1 is 1.44 bits per heavy atom. The van der Waals surface area contributed by atoms with Crippen molar-refractivity contribution in [2.24, 2.45) is 11.1 Å². The highest BCUT2D eigenvalue weighted by atomic mass is 35.5. The van der Waals surface area contributed by atoms with Gasteiger partial charge < -0.3 is 5.32 Å². The average Bonchev–Trinajstić information content (AvgIpc) is 3.08. The van der Waals surface area contributed by atoms with Crippen LogP contribution in [0.1, 0.15) is 23.2 Å². The van der Waals surface area contributed by atoms with E-state index in [4.69, 9.17) is 16.7 Å². The first-order valence-corrected chi connectivity index (χ1v) is 7.41. The maximum atomic E-state index is 11.8. The zero-order valence-electron chi connectivity index (χ0n) is 9.52. The molecule has 3 N–H and O–H groups in total. The molecule has 1 aliphatic carbocycles. The van der Waals surface area contributed by atoms with E-state index in [9.17, 15) is 13.2 Å². The molecule has 0 radical (unpaired) electrons. The number of hydrogen-bond acceptors (Lipinski definition) is 3. The van der Waals surface area contributed by atoms with Crippen LogP contribution in [0.4, 0.5) is 0 Å². The first-order chi connectivity index (χ1) is 8.38. The maximum Gasteiger partial charge on any atom is 0.251 e. The molecule has 5 nitrogen and oxygen atoms in total. The Morgan fingerprint density at radius 3 is 2.67 bits per heavy atom. The molecule has 1 amide bonds. The molecule has 98 valence electrons. The molecule has 0 aromatic heterocycles. The van der Waals surface area contributed by atoms with Crippen molar-refractivity contribution in [2.45, 2.75) is 17.7 Å². The predicted molar refractivity (Wildman–Crippen MR) is 67.9 cm³/mol. The van der Waals surface area contributed by atoms with Gasteiger partial charge in [0, 0.05) is 12.1 Å². The zero-order valence-corrected chi connectivity index (χ0v) is 11.1. The second-order valence-corrected chi connectivity index (χ2v) is 6.28. The second-order valence-electron chi connectivity index (χ2n) is 4.34. The molecule has 0 spiro atoms. The molecule has 7 heteroatoms. The largest absolute Gasteiger partial charge is 0.352 e. The molecule has 1 aliphatic rings. The smallest absolute Gasteiger partial charge is 0.251 e. The lowest BCUT2D eigenvalue weighted by atomic mass is 10.2. The number of sulfonamides is 1. The van der Waals surface area contributed by atoms with Crippen LogP contribution in [0.5, 0.6) is 0 Å². The highest BCUT2D eigenvalue weighted by Crippen LogP contribution is 2.27. The van der Waals surface area contributed by atoms with Crippen LogP contribution in [-0.4, -0.2) is 20.9 Å². The quantitative estimate of drug-likeness (QED) is 0.870. The Bertz CT molecular complexity index is 582. The minimum absolute atomic E-state index is 0.0104. The minimum atomic E-state index is -3.92. The van der Waals surface area contributed by atoms with Crippen LogP contribution in [0, 0.1) is 5.92 Å². The summed E-state index contributed by atoms with van der Waals surface area (Å²) >= 11 is 5.73. The number of carbonyl (C=O) groups is 1. The van der Waals surface area contributed by atoms with E-state index >= 15 is 0 Å². The molecule has 0 bridgehead atoms. The van der Waals surface area contributed by atoms with Gasteiger partial charge in [-0.1, -0.05) is 11.6 Å². The summed E-state index contributed by atoms with van der Waals surface area (Å²) in [6.07, 6.45) is 2.26. The number of nitrogens with two attached hydrogens (primary N) is 1. The van der Waals surface area contributed by atoms with Gasteiger partial charge in [0.2, 0.25) is 10.0 Å². The van der Waals surface area contributed by atoms with Crippen molar-refractivity contribution >= 4 is 27.5 Å². The van der Waals surface area contributed by atoms with Gasteiger partial charge in [-0.25, -0.2) is 13.6 Å². The number of halogens is 1. The second kappa shape index (κ2) is 4.87. The van der Waals surface area contributed by atoms with Gasteiger partial charge in [0.1, 0.15) is 4.90 Å². The number of carbonyl (C=O) groups excluding carboxylic acids is 1. The van der Waals surface area contributed by atoms with Gasteiger partial charge in [-0.2, -0.15) is 0 Å². The summed E-state index contributed by atoms with van der Waals surface area (Å²) in [5, 5.41) is 7.77. The Balaban J connectivity index is 2.20. The maximum absolute atomic E-state index is 11.8. The molecule has 0 atom stereocenters. The van der Waals surface area contributed by atoms with E-state index in [-0.39, 0.29) is 21.4 Å². The number of hydrogen-bond donors (Lipinski definition) is 2. The first kappa shape index (κ1) is 13.3. The van der Waals surface area contributed by atoms with Gasteiger partial charge in [-0.3, -0.25) is 4.79 Å². The van der Waals surface area contributed by atoms with Gasteiger partial charge in [-0.15, -0.1) is 0 Å². The van der Waals surface area contributed by atoms with Crippen LogP contribution >= 0.6 is 11.6 Å². The van der Waals surface area contributed by atoms with E-state index in [1.807, 2.05) is 0 Å². The summed E-state index contributed by atoms with van der Waals surface area (Å²) in [6.45, 7) is 0.617. The molecule has 0 unspecified atom stereocenters. The van der Waals surface area contributed by atoms with Crippen LogP contribution in [0.15, 0.2) is 23.1 Å². The van der Waals surface area contributed by atoms with Crippen LogP contribution < -0.4 is 10.5 Å². The van der Waals surface area contributed by atoms with E-state index < -0.39 is 10.0 Å². The molecule has 0 saturated heterocycles. The van der Waals surface area contributed by atoms with Gasteiger partial charge >= 0.3 is 0 Å². The highest BCUT2D eigenvalue weighted by Gasteiger charge is 2.22. The Morgan fingerprint density at radius 2 is 2.11 bits per heavy atom. The van der Waals surface area contributed by atoms with E-state index in [0.29, 0.717) is 12.5 Å². The molecule has 0 aliphatic heterocycles. The van der Waals surface area contributed by atoms with Gasteiger partial charge in [-0.05, 0) is 37.0 Å². The molecule has 1 fully saturated rings. The highest BCUT2D eigenvalue weighted by molar-refractivity contribution is 7.89. The van der Waals surface area contributed by atoms with E-state index in [2.05, 4.69) is 5.32 Å². The van der Waals surface area contributed by atoms with Gasteiger partial charge in [0.15, 0.2) is 0 Å². The Labute approximate surface area is 110 Å². The van der Waals surface area contributed by atoms with Crippen molar-refractivity contribution in [1.82, 2.24) is 5.32 Å².